The third-order valence-corrected chi connectivity index (χ3v) is 3.89. The van der Waals surface area contributed by atoms with E-state index in [4.69, 9.17) is 10.8 Å². The molecular weight excluding hydrogens is 224 g/mol. The van der Waals surface area contributed by atoms with Crippen molar-refractivity contribution in [3.8, 4) is 0 Å². The highest BCUT2D eigenvalue weighted by Gasteiger charge is 2.19. The molecule has 0 radical (unpaired) electrons. The molecule has 0 spiro atoms. The number of aliphatic hydroxyl groups is 1. The number of nitrogens with zero attached hydrogens (tertiary/aromatic N) is 1. The molecule has 0 aliphatic carbocycles. The lowest BCUT2D eigenvalue weighted by Crippen LogP contribution is -2.37. The van der Waals surface area contributed by atoms with Gasteiger partial charge in [-0.25, -0.2) is 0 Å². The maximum absolute atomic E-state index is 9.01. The lowest BCUT2D eigenvalue weighted by atomic mass is 9.95. The van der Waals surface area contributed by atoms with E-state index < -0.39 is 0 Å². The zero-order valence-electron chi connectivity index (χ0n) is 11.0. The summed E-state index contributed by atoms with van der Waals surface area (Å²) in [5, 5.41) is 9.01. The summed E-state index contributed by atoms with van der Waals surface area (Å²) < 4.78 is 0. The van der Waals surface area contributed by atoms with Crippen molar-refractivity contribution in [2.45, 2.75) is 25.7 Å². The van der Waals surface area contributed by atoms with E-state index in [0.717, 1.165) is 31.6 Å². The Bertz CT molecular complexity index is 365. The number of hydrogen-bond donors (Lipinski definition) is 2. The van der Waals surface area contributed by atoms with Crippen molar-refractivity contribution in [2.75, 3.05) is 32.0 Å². The predicted octanol–water partition coefficient (Wildman–Crippen LogP) is 1.91. The monoisotopic (exact) mass is 248 g/mol. The molecule has 1 aliphatic rings. The number of rotatable bonds is 5. The summed E-state index contributed by atoms with van der Waals surface area (Å²) in [4.78, 5) is 2.51. The van der Waals surface area contributed by atoms with Crippen LogP contribution in [-0.2, 0) is 6.42 Å². The van der Waals surface area contributed by atoms with Crippen LogP contribution in [0.2, 0.25) is 0 Å². The van der Waals surface area contributed by atoms with Crippen LogP contribution >= 0.6 is 0 Å². The Balaban J connectivity index is 1.81. The molecular formula is C15H24N2O. The van der Waals surface area contributed by atoms with E-state index in [-0.39, 0.29) is 0 Å². The summed E-state index contributed by atoms with van der Waals surface area (Å²) in [7, 11) is 0. The zero-order chi connectivity index (χ0) is 12.8. The van der Waals surface area contributed by atoms with E-state index in [9.17, 15) is 0 Å². The number of likely N-dealkylation sites (tertiary alicyclic amines) is 1. The maximum atomic E-state index is 9.01. The first-order valence-electron chi connectivity index (χ1n) is 6.96. The first kappa shape index (κ1) is 13.4. The van der Waals surface area contributed by atoms with Gasteiger partial charge in [-0.3, -0.25) is 0 Å². The van der Waals surface area contributed by atoms with Gasteiger partial charge in [0, 0.05) is 25.4 Å². The Morgan fingerprint density at radius 1 is 1.33 bits per heavy atom. The molecule has 1 aliphatic heterocycles. The van der Waals surface area contributed by atoms with E-state index in [1.54, 1.807) is 0 Å². The maximum Gasteiger partial charge on any atom is 0.0434 e. The highest BCUT2D eigenvalue weighted by molar-refractivity contribution is 5.46. The number of nitrogen functional groups attached to an aromatic ring is 1. The number of piperidine rings is 1. The molecule has 1 unspecified atom stereocenters. The van der Waals surface area contributed by atoms with Crippen LogP contribution in [0.15, 0.2) is 24.3 Å². The second-order valence-electron chi connectivity index (χ2n) is 5.27. The van der Waals surface area contributed by atoms with Gasteiger partial charge in [0.25, 0.3) is 0 Å². The summed E-state index contributed by atoms with van der Waals surface area (Å²) in [5.41, 5.74) is 8.12. The van der Waals surface area contributed by atoms with Gasteiger partial charge in [0.2, 0.25) is 0 Å². The van der Waals surface area contributed by atoms with E-state index >= 15 is 0 Å². The van der Waals surface area contributed by atoms with Gasteiger partial charge in [-0.05, 0) is 49.8 Å². The van der Waals surface area contributed by atoms with Crippen LogP contribution in [0.1, 0.15) is 24.8 Å². The minimum Gasteiger partial charge on any atom is -0.399 e. The van der Waals surface area contributed by atoms with Gasteiger partial charge < -0.3 is 15.7 Å². The first-order chi connectivity index (χ1) is 8.79. The fraction of sp³-hybridized carbons (Fsp3) is 0.600. The number of hydrogen-bond acceptors (Lipinski definition) is 3. The smallest absolute Gasteiger partial charge is 0.0434 e. The Morgan fingerprint density at radius 3 is 2.94 bits per heavy atom. The second kappa shape index (κ2) is 6.76. The van der Waals surface area contributed by atoms with E-state index in [2.05, 4.69) is 17.0 Å². The Morgan fingerprint density at radius 2 is 2.17 bits per heavy atom. The molecule has 100 valence electrons. The minimum absolute atomic E-state index is 0.324. The molecule has 1 aromatic carbocycles. The largest absolute Gasteiger partial charge is 0.399 e. The van der Waals surface area contributed by atoms with Gasteiger partial charge >= 0.3 is 0 Å². The lowest BCUT2D eigenvalue weighted by molar-refractivity contribution is 0.149. The SMILES string of the molecule is Nc1ccccc1CCN1CCCC(CCO)C1. The molecule has 18 heavy (non-hydrogen) atoms. The standard InChI is InChI=1S/C15H24N2O/c16-15-6-2-1-5-14(15)7-10-17-9-3-4-13(12-17)8-11-18/h1-2,5-6,13,18H,3-4,7-12,16H2. The van der Waals surface area contributed by atoms with Crippen molar-refractivity contribution in [3.63, 3.8) is 0 Å². The van der Waals surface area contributed by atoms with Crippen molar-refractivity contribution in [3.05, 3.63) is 29.8 Å². The molecule has 1 atom stereocenters. The number of aliphatic hydroxyl groups excluding tert-OH is 1. The Hall–Kier alpha value is -1.06. The van der Waals surface area contributed by atoms with Crippen LogP contribution < -0.4 is 5.73 Å². The number of para-hydroxylation sites is 1. The molecule has 3 N–H and O–H groups in total. The van der Waals surface area contributed by atoms with Gasteiger partial charge in [0.15, 0.2) is 0 Å². The summed E-state index contributed by atoms with van der Waals surface area (Å²) in [6, 6.07) is 8.12. The van der Waals surface area contributed by atoms with Crippen LogP contribution in [0.3, 0.4) is 0 Å². The minimum atomic E-state index is 0.324. The quantitative estimate of drug-likeness (QED) is 0.783. The van der Waals surface area contributed by atoms with Crippen molar-refractivity contribution >= 4 is 5.69 Å². The third kappa shape index (κ3) is 3.72. The normalized spacial score (nSPS) is 21.1. The fourth-order valence-corrected chi connectivity index (χ4v) is 2.81. The average Bonchev–Trinajstić information content (AvgIpc) is 2.39. The van der Waals surface area contributed by atoms with Gasteiger partial charge in [0.1, 0.15) is 0 Å². The summed E-state index contributed by atoms with van der Waals surface area (Å²) >= 11 is 0. The molecule has 0 bridgehead atoms. The Kier molecular flexibility index (Phi) is 5.02. The molecule has 2 rings (SSSR count). The van der Waals surface area contributed by atoms with Crippen molar-refractivity contribution in [1.29, 1.82) is 0 Å². The van der Waals surface area contributed by atoms with Crippen LogP contribution in [0, 0.1) is 5.92 Å². The van der Waals surface area contributed by atoms with Crippen LogP contribution in [-0.4, -0.2) is 36.2 Å². The van der Waals surface area contributed by atoms with Crippen LogP contribution in [0.25, 0.3) is 0 Å². The van der Waals surface area contributed by atoms with Gasteiger partial charge in [-0.15, -0.1) is 0 Å². The summed E-state index contributed by atoms with van der Waals surface area (Å²) in [6.45, 7) is 3.72. The highest BCUT2D eigenvalue weighted by Crippen LogP contribution is 2.20. The van der Waals surface area contributed by atoms with Crippen molar-refractivity contribution in [1.82, 2.24) is 4.90 Å². The van der Waals surface area contributed by atoms with Crippen molar-refractivity contribution < 1.29 is 5.11 Å². The molecule has 3 heteroatoms. The molecule has 0 saturated carbocycles. The molecule has 1 fully saturated rings. The molecule has 3 nitrogen and oxygen atoms in total. The summed E-state index contributed by atoms with van der Waals surface area (Å²) in [5.74, 6) is 0.678. The second-order valence-corrected chi connectivity index (χ2v) is 5.27. The molecule has 1 saturated heterocycles. The molecule has 1 heterocycles. The van der Waals surface area contributed by atoms with E-state index in [0.29, 0.717) is 12.5 Å². The fourth-order valence-electron chi connectivity index (χ4n) is 2.81. The predicted molar refractivity (Wildman–Crippen MR) is 75.4 cm³/mol. The molecule has 0 aromatic heterocycles. The van der Waals surface area contributed by atoms with Crippen LogP contribution in [0.5, 0.6) is 0 Å². The van der Waals surface area contributed by atoms with Gasteiger partial charge in [0.05, 0.1) is 0 Å². The summed E-state index contributed by atoms with van der Waals surface area (Å²) in [6.07, 6.45) is 4.50. The lowest BCUT2D eigenvalue weighted by Gasteiger charge is -2.32. The van der Waals surface area contributed by atoms with Gasteiger partial charge in [-0.2, -0.15) is 0 Å². The molecule has 0 amide bonds. The first-order valence-corrected chi connectivity index (χ1v) is 6.96. The van der Waals surface area contributed by atoms with Gasteiger partial charge in [-0.1, -0.05) is 18.2 Å². The molecule has 1 aromatic rings. The third-order valence-electron chi connectivity index (χ3n) is 3.89. The van der Waals surface area contributed by atoms with E-state index in [1.807, 2.05) is 12.1 Å². The van der Waals surface area contributed by atoms with Crippen molar-refractivity contribution in [2.24, 2.45) is 5.92 Å². The van der Waals surface area contributed by atoms with E-state index in [1.165, 1.54) is 24.9 Å². The number of anilines is 1. The zero-order valence-corrected chi connectivity index (χ0v) is 11.0. The highest BCUT2D eigenvalue weighted by atomic mass is 16.3. The Labute approximate surface area is 110 Å². The van der Waals surface area contributed by atoms with Crippen LogP contribution in [0.4, 0.5) is 5.69 Å². The number of nitrogens with two attached hydrogens (primary N) is 1. The average molecular weight is 248 g/mol. The number of benzene rings is 1. The topological polar surface area (TPSA) is 49.5 Å².